The van der Waals surface area contributed by atoms with Gasteiger partial charge in [0.15, 0.2) is 0 Å². The van der Waals surface area contributed by atoms with Crippen molar-refractivity contribution in [1.82, 2.24) is 0 Å². The van der Waals surface area contributed by atoms with Crippen LogP contribution in [0.3, 0.4) is 0 Å². The van der Waals surface area contributed by atoms with Crippen molar-refractivity contribution < 1.29 is 18.0 Å². The first-order chi connectivity index (χ1) is 13.0. The summed E-state index contributed by atoms with van der Waals surface area (Å²) in [5, 5.41) is 2.69. The van der Waals surface area contributed by atoms with Crippen molar-refractivity contribution in [2.75, 3.05) is 0 Å². The largest absolute Gasteiger partial charge is 0.206 e. The predicted molar refractivity (Wildman–Crippen MR) is 121 cm³/mol. The zero-order valence-electron chi connectivity index (χ0n) is 15.9. The first-order valence-corrected chi connectivity index (χ1v) is 21.4. The molecule has 0 aliphatic heterocycles. The van der Waals surface area contributed by atoms with Crippen molar-refractivity contribution in [1.29, 1.82) is 0 Å². The number of hydrogen-bond acceptors (Lipinski definition) is 0. The average molecular weight is 491 g/mol. The summed E-state index contributed by atoms with van der Waals surface area (Å²) >= 11 is -1.65. The Balaban J connectivity index is 0.000000153. The van der Waals surface area contributed by atoms with Crippen LogP contribution in [0.4, 0.5) is 0 Å². The molecule has 4 aromatic rings. The molecule has 0 aliphatic rings. The summed E-state index contributed by atoms with van der Waals surface area (Å²) in [5.74, 6) is 0. The van der Waals surface area contributed by atoms with Crippen LogP contribution in [-0.4, -0.2) is 5.43 Å². The van der Waals surface area contributed by atoms with E-state index in [0.29, 0.717) is 0 Å². The van der Waals surface area contributed by atoms with Gasteiger partial charge in [0.05, 0.1) is 0 Å². The molecule has 4 rings (SSSR count). The number of fused-ring (bicyclic) bond motifs is 1. The Hall–Kier alpha value is -0.920. The monoisotopic (exact) mass is 488 g/mol. The number of hydrogen-bond donors (Lipinski definition) is 0. The molecule has 0 aromatic heterocycles. The van der Waals surface area contributed by atoms with Gasteiger partial charge in [-0.15, -0.1) is 40.6 Å². The van der Waals surface area contributed by atoms with E-state index in [2.05, 4.69) is 105 Å². The fourth-order valence-corrected chi connectivity index (χ4v) is 2.50. The fraction of sp³-hybridized carbons (Fsp3) is 0.130. The molecule has 0 nitrogen and oxygen atoms in total. The molecule has 0 fully saturated rings. The average Bonchev–Trinajstić information content (AvgIpc) is 3.32. The van der Waals surface area contributed by atoms with E-state index in [4.69, 9.17) is 17.0 Å². The fourth-order valence-electron chi connectivity index (χ4n) is 2.50. The van der Waals surface area contributed by atoms with E-state index >= 15 is 0 Å². The Bertz CT molecular complexity index is 919. The molecule has 0 aliphatic carbocycles. The molecule has 0 atom stereocenters. The van der Waals surface area contributed by atoms with Gasteiger partial charge in [0.25, 0.3) is 0 Å². The van der Waals surface area contributed by atoms with Gasteiger partial charge in [-0.2, -0.15) is 29.8 Å². The maximum Gasteiger partial charge on any atom is -0.0579 e. The molecular weight excluding hydrogens is 466 g/mol. The normalized spacial score (nSPS) is 9.67. The van der Waals surface area contributed by atoms with Gasteiger partial charge < -0.3 is 0 Å². The van der Waals surface area contributed by atoms with E-state index < -0.39 is 18.0 Å². The summed E-state index contributed by atoms with van der Waals surface area (Å²) in [7, 11) is 11.2. The van der Waals surface area contributed by atoms with Gasteiger partial charge in [0.1, 0.15) is 0 Å². The summed E-state index contributed by atoms with van der Waals surface area (Å²) in [4.78, 5) is 0. The van der Waals surface area contributed by atoms with E-state index in [9.17, 15) is 0 Å². The van der Waals surface area contributed by atoms with Crippen LogP contribution in [0.2, 0.25) is 13.1 Å². The zero-order valence-corrected chi connectivity index (χ0v) is 20.9. The van der Waals surface area contributed by atoms with Gasteiger partial charge in [0, 0.05) is 0 Å². The molecule has 4 heteroatoms. The number of rotatable bonds is 1. The maximum absolute atomic E-state index is 5.62. The van der Waals surface area contributed by atoms with Crippen molar-refractivity contribution in [2.45, 2.75) is 20.0 Å². The summed E-state index contributed by atoms with van der Waals surface area (Å²) < 4.78 is 0. The van der Waals surface area contributed by atoms with Crippen LogP contribution in [0.5, 0.6) is 0 Å². The Kier molecular flexibility index (Phi) is 9.79. The Morgan fingerprint density at radius 3 is 2.04 bits per heavy atom. The van der Waals surface area contributed by atoms with Gasteiger partial charge in [-0.25, -0.2) is 6.07 Å². The smallest absolute Gasteiger partial charge is 0.0579 e. The van der Waals surface area contributed by atoms with Gasteiger partial charge >= 0.3 is 53.5 Å². The van der Waals surface area contributed by atoms with E-state index in [1.165, 1.54) is 27.5 Å². The molecule has 0 heterocycles. The maximum atomic E-state index is 5.62. The van der Waals surface area contributed by atoms with E-state index in [1.807, 2.05) is 6.07 Å². The summed E-state index contributed by atoms with van der Waals surface area (Å²) in [6.45, 7) is 6.46. The molecule has 0 unspecified atom stereocenters. The van der Waals surface area contributed by atoms with Crippen molar-refractivity contribution in [3.63, 3.8) is 0 Å². The van der Waals surface area contributed by atoms with Crippen LogP contribution in [0, 0.1) is 6.92 Å². The predicted octanol–water partition coefficient (Wildman–Crippen LogP) is 8.10. The second-order valence-electron chi connectivity index (χ2n) is 6.46. The van der Waals surface area contributed by atoms with Crippen LogP contribution in [0.25, 0.3) is 21.9 Å². The third kappa shape index (κ3) is 7.92. The second kappa shape index (κ2) is 11.8. The minimum absolute atomic E-state index is 0.224. The third-order valence-corrected chi connectivity index (χ3v) is 23.7. The molecule has 0 bridgehead atoms. The van der Waals surface area contributed by atoms with Gasteiger partial charge in [-0.1, -0.05) is 48.9 Å². The molecular formula is C23H24Cl2SiZr-2. The van der Waals surface area contributed by atoms with Gasteiger partial charge in [-0.3, -0.25) is 0 Å². The minimum atomic E-state index is -1.65. The summed E-state index contributed by atoms with van der Waals surface area (Å²) in [6.07, 6.45) is 0. The first-order valence-electron chi connectivity index (χ1n) is 8.85. The summed E-state index contributed by atoms with van der Waals surface area (Å²) in [6, 6.07) is 31.6. The topological polar surface area (TPSA) is 0 Å². The van der Waals surface area contributed by atoms with E-state index in [0.717, 1.165) is 0 Å². The van der Waals surface area contributed by atoms with E-state index in [-0.39, 0.29) is 5.43 Å². The zero-order chi connectivity index (χ0) is 19.6. The third-order valence-electron chi connectivity index (χ3n) is 3.91. The second-order valence-corrected chi connectivity index (χ2v) is 29.4. The molecule has 0 saturated heterocycles. The van der Waals surface area contributed by atoms with E-state index in [1.54, 1.807) is 0 Å². The Labute approximate surface area is 177 Å². The molecule has 140 valence electrons. The minimum Gasteiger partial charge on any atom is -0.206 e. The number of aryl methyl sites for hydroxylation is 1. The van der Waals surface area contributed by atoms with Crippen molar-refractivity contribution in [2.24, 2.45) is 0 Å². The van der Waals surface area contributed by atoms with Crippen LogP contribution >= 0.6 is 17.0 Å². The quantitative estimate of drug-likeness (QED) is 0.187. The van der Waals surface area contributed by atoms with Crippen molar-refractivity contribution in [3.8, 4) is 11.1 Å². The van der Waals surface area contributed by atoms with Gasteiger partial charge in [0.2, 0.25) is 0 Å². The Morgan fingerprint density at radius 1 is 0.852 bits per heavy atom. The molecule has 0 N–H and O–H groups in total. The molecule has 0 amide bonds. The summed E-state index contributed by atoms with van der Waals surface area (Å²) in [5.41, 5.74) is 3.71. The molecule has 27 heavy (non-hydrogen) atoms. The Morgan fingerprint density at radius 2 is 1.48 bits per heavy atom. The first kappa shape index (κ1) is 22.4. The van der Waals surface area contributed by atoms with Crippen molar-refractivity contribution in [3.05, 3.63) is 96.6 Å². The molecule has 4 aromatic carbocycles. The molecule has 0 saturated carbocycles. The standard InChI is InChI=1S/C11H9.C10H9.C2H6Si.2ClH.Zr/c1-2-6-10(7-3-1)11-8-4-5-9-11;1-8-6-9-4-2-3-5-10(9)7-8;1-3-2;;;/h1-9H;2-7H,1H3;1-2H3;2*1H;/q2*-1;;;;+2/p-2. The molecule has 0 radical (unpaired) electrons. The van der Waals surface area contributed by atoms with Gasteiger partial charge in [-0.05, 0) is 0 Å². The van der Waals surface area contributed by atoms with Crippen LogP contribution in [-0.2, 0) is 18.0 Å². The van der Waals surface area contributed by atoms with Crippen LogP contribution in [0.15, 0.2) is 91.0 Å². The SMILES string of the molecule is C[Si](C)=[Zr]([Cl])[Cl].Cc1cc2ccccc2[cH-]1.c1ccc(-c2cc[cH-]c2)cc1. The van der Waals surface area contributed by atoms with Crippen LogP contribution < -0.4 is 0 Å². The van der Waals surface area contributed by atoms with Crippen LogP contribution in [0.1, 0.15) is 5.56 Å². The van der Waals surface area contributed by atoms with Crippen molar-refractivity contribution >= 4 is 33.2 Å². The number of halogens is 2. The number of benzene rings is 2. The molecule has 0 spiro atoms.